The van der Waals surface area contributed by atoms with Crippen LogP contribution in [0.5, 0.6) is 0 Å². The third kappa shape index (κ3) is 3.58. The molecule has 2 N–H and O–H groups in total. The van der Waals surface area contributed by atoms with E-state index in [1.807, 2.05) is 0 Å². The average Bonchev–Trinajstić information content (AvgIpc) is 3.16. The Morgan fingerprint density at radius 2 is 1.95 bits per heavy atom. The molecule has 21 heavy (non-hydrogen) atoms. The van der Waals surface area contributed by atoms with Gasteiger partial charge in [-0.3, -0.25) is 9.69 Å². The van der Waals surface area contributed by atoms with E-state index in [9.17, 15) is 4.79 Å². The highest BCUT2D eigenvalue weighted by atomic mass is 16.5. The quantitative estimate of drug-likeness (QED) is 0.822. The molecule has 0 radical (unpaired) electrons. The van der Waals surface area contributed by atoms with Crippen LogP contribution in [-0.4, -0.2) is 68.2 Å². The Balaban J connectivity index is 1.48. The van der Waals surface area contributed by atoms with Crippen LogP contribution in [0.15, 0.2) is 0 Å². The number of hydrogen-bond acceptors (Lipinski definition) is 4. The third-order valence-electron chi connectivity index (χ3n) is 5.50. The van der Waals surface area contributed by atoms with Gasteiger partial charge in [0.2, 0.25) is 5.91 Å². The summed E-state index contributed by atoms with van der Waals surface area (Å²) in [5.74, 6) is 1.66. The zero-order chi connectivity index (χ0) is 14.7. The summed E-state index contributed by atoms with van der Waals surface area (Å²) < 4.78 is 5.40. The monoisotopic (exact) mass is 295 g/mol. The van der Waals surface area contributed by atoms with E-state index >= 15 is 0 Å². The molecule has 3 atom stereocenters. The van der Waals surface area contributed by atoms with Crippen LogP contribution < -0.4 is 5.73 Å². The normalized spacial score (nSPS) is 34.5. The average molecular weight is 295 g/mol. The maximum atomic E-state index is 12.7. The van der Waals surface area contributed by atoms with Crippen molar-refractivity contribution in [3.05, 3.63) is 0 Å². The highest BCUT2D eigenvalue weighted by Crippen LogP contribution is 2.33. The Kier molecular flexibility index (Phi) is 5.14. The smallest absolute Gasteiger partial charge is 0.226 e. The molecule has 1 amide bonds. The molecule has 2 heterocycles. The first kappa shape index (κ1) is 15.3. The molecule has 0 bridgehead atoms. The number of ether oxygens (including phenoxy) is 1. The van der Waals surface area contributed by atoms with E-state index < -0.39 is 0 Å². The number of hydrogen-bond donors (Lipinski definition) is 1. The molecule has 1 saturated carbocycles. The minimum atomic E-state index is 0.206. The molecule has 0 aromatic carbocycles. The molecule has 0 aromatic rings. The lowest BCUT2D eigenvalue weighted by molar-refractivity contribution is -0.135. The lowest BCUT2D eigenvalue weighted by Crippen LogP contribution is -2.41. The molecular weight excluding hydrogens is 266 g/mol. The van der Waals surface area contributed by atoms with Gasteiger partial charge in [0, 0.05) is 38.6 Å². The maximum absolute atomic E-state index is 12.7. The van der Waals surface area contributed by atoms with Gasteiger partial charge in [0.1, 0.15) is 0 Å². The molecule has 2 aliphatic heterocycles. The Labute approximate surface area is 127 Å². The minimum absolute atomic E-state index is 0.206. The predicted molar refractivity (Wildman–Crippen MR) is 81.8 cm³/mol. The van der Waals surface area contributed by atoms with Crippen molar-refractivity contribution in [2.24, 2.45) is 23.5 Å². The second-order valence-corrected chi connectivity index (χ2v) is 6.89. The summed E-state index contributed by atoms with van der Waals surface area (Å²) in [7, 11) is 0. The van der Waals surface area contributed by atoms with Crippen LogP contribution in [0.25, 0.3) is 0 Å². The molecule has 0 spiro atoms. The van der Waals surface area contributed by atoms with Gasteiger partial charge in [-0.15, -0.1) is 0 Å². The van der Waals surface area contributed by atoms with E-state index in [0.717, 1.165) is 65.2 Å². The second-order valence-electron chi connectivity index (χ2n) is 6.89. The first-order valence-corrected chi connectivity index (χ1v) is 8.57. The van der Waals surface area contributed by atoms with Gasteiger partial charge < -0.3 is 15.4 Å². The number of morpholine rings is 1. The van der Waals surface area contributed by atoms with Crippen LogP contribution in [-0.2, 0) is 9.53 Å². The summed E-state index contributed by atoms with van der Waals surface area (Å²) in [6, 6.07) is 0. The number of likely N-dealkylation sites (tertiary alicyclic amines) is 1. The molecule has 1 unspecified atom stereocenters. The van der Waals surface area contributed by atoms with Crippen LogP contribution in [0.1, 0.15) is 25.7 Å². The lowest BCUT2D eigenvalue weighted by atomic mass is 9.95. The summed E-state index contributed by atoms with van der Waals surface area (Å²) in [4.78, 5) is 17.3. The molecule has 120 valence electrons. The van der Waals surface area contributed by atoms with E-state index in [0.29, 0.717) is 24.3 Å². The van der Waals surface area contributed by atoms with Crippen molar-refractivity contribution in [2.75, 3.05) is 52.5 Å². The van der Waals surface area contributed by atoms with Crippen LogP contribution >= 0.6 is 0 Å². The van der Waals surface area contributed by atoms with Crippen LogP contribution in [0.4, 0.5) is 0 Å². The van der Waals surface area contributed by atoms with Crippen molar-refractivity contribution in [1.82, 2.24) is 9.80 Å². The van der Waals surface area contributed by atoms with Gasteiger partial charge >= 0.3 is 0 Å². The van der Waals surface area contributed by atoms with Gasteiger partial charge in [0.05, 0.1) is 13.2 Å². The largest absolute Gasteiger partial charge is 0.379 e. The van der Waals surface area contributed by atoms with E-state index in [1.165, 1.54) is 6.42 Å². The van der Waals surface area contributed by atoms with Crippen molar-refractivity contribution >= 4 is 5.91 Å². The molecule has 1 aliphatic carbocycles. The van der Waals surface area contributed by atoms with Crippen molar-refractivity contribution in [2.45, 2.75) is 25.7 Å². The summed E-state index contributed by atoms with van der Waals surface area (Å²) in [5.41, 5.74) is 5.82. The van der Waals surface area contributed by atoms with E-state index in [1.54, 1.807) is 0 Å². The number of rotatable bonds is 4. The standard InChI is InChI=1S/C16H29N3O2/c17-10-14-2-1-3-15(14)16(20)19-5-4-13(12-19)11-18-6-8-21-9-7-18/h13-15H,1-12,17H2/t13?,14-,15-/m1/s1. The summed E-state index contributed by atoms with van der Waals surface area (Å²) in [6.07, 6.45) is 4.51. The van der Waals surface area contributed by atoms with E-state index in [-0.39, 0.29) is 5.92 Å². The van der Waals surface area contributed by atoms with E-state index in [2.05, 4.69) is 9.80 Å². The number of nitrogens with two attached hydrogens (primary N) is 1. The lowest BCUT2D eigenvalue weighted by Gasteiger charge is -2.29. The molecule has 2 saturated heterocycles. The van der Waals surface area contributed by atoms with Gasteiger partial charge in [0.15, 0.2) is 0 Å². The number of carbonyl (C=O) groups is 1. The first-order valence-electron chi connectivity index (χ1n) is 8.57. The second kappa shape index (κ2) is 7.07. The Hall–Kier alpha value is -0.650. The zero-order valence-corrected chi connectivity index (χ0v) is 13.0. The van der Waals surface area contributed by atoms with Gasteiger partial charge in [0.25, 0.3) is 0 Å². The van der Waals surface area contributed by atoms with Crippen molar-refractivity contribution in [3.8, 4) is 0 Å². The highest BCUT2D eigenvalue weighted by Gasteiger charge is 2.37. The number of nitrogens with zero attached hydrogens (tertiary/aromatic N) is 2. The molecular formula is C16H29N3O2. The first-order chi connectivity index (χ1) is 10.3. The fourth-order valence-corrected chi connectivity index (χ4v) is 4.21. The van der Waals surface area contributed by atoms with Gasteiger partial charge in [-0.1, -0.05) is 6.42 Å². The van der Waals surface area contributed by atoms with Crippen molar-refractivity contribution in [1.29, 1.82) is 0 Å². The molecule has 3 aliphatic rings. The van der Waals surface area contributed by atoms with Crippen molar-refractivity contribution in [3.63, 3.8) is 0 Å². The summed E-state index contributed by atoms with van der Waals surface area (Å²) in [5, 5.41) is 0. The SMILES string of the molecule is NC[C@H]1CCC[C@H]1C(=O)N1CCC(CN2CCOCC2)C1. The Morgan fingerprint density at radius 3 is 2.71 bits per heavy atom. The maximum Gasteiger partial charge on any atom is 0.226 e. The zero-order valence-electron chi connectivity index (χ0n) is 13.0. The summed E-state index contributed by atoms with van der Waals surface area (Å²) in [6.45, 7) is 7.49. The predicted octanol–water partition coefficient (Wildman–Crippen LogP) is 0.542. The van der Waals surface area contributed by atoms with Gasteiger partial charge in [-0.2, -0.15) is 0 Å². The molecule has 3 rings (SSSR count). The number of amides is 1. The Morgan fingerprint density at radius 1 is 1.14 bits per heavy atom. The molecule has 3 fully saturated rings. The number of carbonyl (C=O) groups excluding carboxylic acids is 1. The third-order valence-corrected chi connectivity index (χ3v) is 5.50. The van der Waals surface area contributed by atoms with Gasteiger partial charge in [-0.25, -0.2) is 0 Å². The van der Waals surface area contributed by atoms with Gasteiger partial charge in [-0.05, 0) is 37.6 Å². The van der Waals surface area contributed by atoms with Crippen molar-refractivity contribution < 1.29 is 9.53 Å². The van der Waals surface area contributed by atoms with Crippen LogP contribution in [0.2, 0.25) is 0 Å². The molecule has 0 aromatic heterocycles. The topological polar surface area (TPSA) is 58.8 Å². The van der Waals surface area contributed by atoms with Crippen LogP contribution in [0.3, 0.4) is 0 Å². The van der Waals surface area contributed by atoms with Crippen LogP contribution in [0, 0.1) is 17.8 Å². The Bertz CT molecular complexity index is 357. The molecule has 5 heteroatoms. The van der Waals surface area contributed by atoms with E-state index in [4.69, 9.17) is 10.5 Å². The summed E-state index contributed by atoms with van der Waals surface area (Å²) >= 11 is 0. The highest BCUT2D eigenvalue weighted by molar-refractivity contribution is 5.79. The fourth-order valence-electron chi connectivity index (χ4n) is 4.21. The molecule has 5 nitrogen and oxygen atoms in total. The fraction of sp³-hybridized carbons (Fsp3) is 0.938. The minimum Gasteiger partial charge on any atom is -0.379 e.